The zero-order valence-corrected chi connectivity index (χ0v) is 19.0. The number of hydrogen-bond donors (Lipinski definition) is 1. The largest absolute Gasteiger partial charge is 0.491 e. The molecular weight excluding hydrogens is 414 g/mol. The van der Waals surface area contributed by atoms with Gasteiger partial charge in [0.25, 0.3) is 10.0 Å². The third-order valence-corrected chi connectivity index (χ3v) is 6.62. The Labute approximate surface area is 184 Å². The van der Waals surface area contributed by atoms with Crippen LogP contribution < -0.4 is 9.46 Å². The Morgan fingerprint density at radius 2 is 1.87 bits per heavy atom. The van der Waals surface area contributed by atoms with Gasteiger partial charge in [0.2, 0.25) is 5.91 Å². The highest BCUT2D eigenvalue weighted by Gasteiger charge is 2.32. The van der Waals surface area contributed by atoms with Gasteiger partial charge in [0.1, 0.15) is 24.2 Å². The average molecular weight is 444 g/mol. The van der Waals surface area contributed by atoms with E-state index in [1.165, 1.54) is 6.07 Å². The van der Waals surface area contributed by atoms with E-state index in [2.05, 4.69) is 9.71 Å². The number of nitrogens with one attached hydrogen (secondary N) is 1. The number of amidine groups is 1. The molecule has 3 rings (SSSR count). The van der Waals surface area contributed by atoms with E-state index in [4.69, 9.17) is 4.74 Å². The van der Waals surface area contributed by atoms with Crippen molar-refractivity contribution in [1.82, 2.24) is 9.62 Å². The van der Waals surface area contributed by atoms with Crippen molar-refractivity contribution >= 4 is 21.8 Å². The Bertz CT molecular complexity index is 1070. The predicted molar refractivity (Wildman–Crippen MR) is 121 cm³/mol. The molecule has 0 saturated carbocycles. The third kappa shape index (κ3) is 5.44. The summed E-state index contributed by atoms with van der Waals surface area (Å²) in [5.74, 6) is 0.871. The summed E-state index contributed by atoms with van der Waals surface area (Å²) in [5.41, 5.74) is 1.54. The van der Waals surface area contributed by atoms with Crippen LogP contribution in [0, 0.1) is 6.92 Å². The molecule has 1 aliphatic rings. The predicted octanol–water partition coefficient (Wildman–Crippen LogP) is 3.13. The summed E-state index contributed by atoms with van der Waals surface area (Å²) in [5, 5.41) is 0. The number of fused-ring (bicyclic) bond motifs is 1. The van der Waals surface area contributed by atoms with Gasteiger partial charge in [0.15, 0.2) is 0 Å². The Balaban J connectivity index is 1.72. The molecule has 0 radical (unpaired) electrons. The van der Waals surface area contributed by atoms with Crippen molar-refractivity contribution in [1.29, 1.82) is 0 Å². The number of likely N-dealkylation sites (N-methyl/N-ethyl adjacent to an activating group) is 1. The number of aryl methyl sites for hydroxylation is 1. The molecule has 8 heteroatoms. The maximum absolute atomic E-state index is 13.1. The van der Waals surface area contributed by atoms with E-state index < -0.39 is 16.1 Å². The fourth-order valence-electron chi connectivity index (χ4n) is 3.40. The van der Waals surface area contributed by atoms with Gasteiger partial charge in [-0.1, -0.05) is 50.1 Å². The van der Waals surface area contributed by atoms with Gasteiger partial charge in [-0.05, 0) is 37.1 Å². The molecule has 7 nitrogen and oxygen atoms in total. The SMILES string of the molecule is CCCCC(N=C1NS(=O)(=O)c2ccccc21)C(=O)N(C)CCOc1ccccc1C. The lowest BCUT2D eigenvalue weighted by Gasteiger charge is -2.22. The van der Waals surface area contributed by atoms with E-state index in [0.29, 0.717) is 25.1 Å². The van der Waals surface area contributed by atoms with Crippen molar-refractivity contribution in [2.75, 3.05) is 20.2 Å². The van der Waals surface area contributed by atoms with Gasteiger partial charge in [0, 0.05) is 12.6 Å². The number of carbonyl (C=O) groups excluding carboxylic acids is 1. The van der Waals surface area contributed by atoms with Crippen LogP contribution in [-0.4, -0.2) is 51.3 Å². The Kier molecular flexibility index (Phi) is 7.33. The van der Waals surface area contributed by atoms with E-state index in [0.717, 1.165) is 24.2 Å². The van der Waals surface area contributed by atoms with Crippen LogP contribution in [0.4, 0.5) is 0 Å². The number of hydrogen-bond acceptors (Lipinski definition) is 5. The molecule has 31 heavy (non-hydrogen) atoms. The van der Waals surface area contributed by atoms with Gasteiger partial charge in [0.05, 0.1) is 11.4 Å². The Morgan fingerprint density at radius 3 is 2.61 bits per heavy atom. The molecule has 1 heterocycles. The van der Waals surface area contributed by atoms with Crippen molar-refractivity contribution in [3.05, 3.63) is 59.7 Å². The number of rotatable bonds is 9. The lowest BCUT2D eigenvalue weighted by atomic mass is 10.1. The molecule has 2 aromatic carbocycles. The summed E-state index contributed by atoms with van der Waals surface area (Å²) in [4.78, 5) is 19.4. The van der Waals surface area contributed by atoms with Gasteiger partial charge in [-0.25, -0.2) is 8.42 Å². The van der Waals surface area contributed by atoms with Crippen LogP contribution in [0.3, 0.4) is 0 Å². The fraction of sp³-hybridized carbons (Fsp3) is 0.391. The van der Waals surface area contributed by atoms with Crippen molar-refractivity contribution in [3.8, 4) is 5.75 Å². The molecule has 0 spiro atoms. The van der Waals surface area contributed by atoms with Crippen molar-refractivity contribution in [2.45, 2.75) is 44.0 Å². The smallest absolute Gasteiger partial charge is 0.263 e. The minimum Gasteiger partial charge on any atom is -0.491 e. The summed E-state index contributed by atoms with van der Waals surface area (Å²) in [7, 11) is -1.92. The molecule has 0 fully saturated rings. The topological polar surface area (TPSA) is 88.1 Å². The molecule has 2 aromatic rings. The van der Waals surface area contributed by atoms with Crippen LogP contribution in [0.2, 0.25) is 0 Å². The Hall–Kier alpha value is -2.87. The first-order valence-electron chi connectivity index (χ1n) is 10.5. The molecule has 1 aliphatic heterocycles. The van der Waals surface area contributed by atoms with Gasteiger partial charge in [-0.2, -0.15) is 0 Å². The number of sulfonamides is 1. The van der Waals surface area contributed by atoms with Crippen LogP contribution >= 0.6 is 0 Å². The highest BCUT2D eigenvalue weighted by molar-refractivity contribution is 7.90. The summed E-state index contributed by atoms with van der Waals surface area (Å²) in [6, 6.07) is 13.7. The molecule has 1 unspecified atom stereocenters. The number of amides is 1. The van der Waals surface area contributed by atoms with Crippen LogP contribution in [0.1, 0.15) is 37.3 Å². The number of unbranched alkanes of at least 4 members (excludes halogenated alkanes) is 1. The molecule has 166 valence electrons. The zero-order chi connectivity index (χ0) is 22.4. The van der Waals surface area contributed by atoms with Crippen molar-refractivity contribution in [3.63, 3.8) is 0 Å². The Morgan fingerprint density at radius 1 is 1.16 bits per heavy atom. The lowest BCUT2D eigenvalue weighted by molar-refractivity contribution is -0.131. The molecular formula is C23H29N3O4S. The zero-order valence-electron chi connectivity index (χ0n) is 18.2. The second kappa shape index (κ2) is 9.96. The van der Waals surface area contributed by atoms with Crippen LogP contribution in [0.25, 0.3) is 0 Å². The minimum atomic E-state index is -3.64. The summed E-state index contributed by atoms with van der Waals surface area (Å²) >= 11 is 0. The van der Waals surface area contributed by atoms with E-state index in [9.17, 15) is 13.2 Å². The first kappa shape index (κ1) is 22.8. The van der Waals surface area contributed by atoms with E-state index in [1.54, 1.807) is 30.1 Å². The molecule has 0 bridgehead atoms. The standard InChI is InChI=1S/C23H29N3O4S/c1-4-5-12-19(24-22-18-11-7-9-14-21(18)31(28,29)25-22)23(27)26(3)15-16-30-20-13-8-6-10-17(20)2/h6-11,13-14,19H,4-5,12,15-16H2,1-3H3,(H,24,25). The summed E-state index contributed by atoms with van der Waals surface area (Å²) < 4.78 is 33.0. The first-order valence-corrected chi connectivity index (χ1v) is 11.9. The highest BCUT2D eigenvalue weighted by atomic mass is 32.2. The van der Waals surface area contributed by atoms with E-state index in [-0.39, 0.29) is 16.6 Å². The van der Waals surface area contributed by atoms with Crippen molar-refractivity contribution in [2.24, 2.45) is 4.99 Å². The number of benzene rings is 2. The normalized spacial score (nSPS) is 16.4. The van der Waals surface area contributed by atoms with E-state index in [1.807, 2.05) is 38.1 Å². The maximum atomic E-state index is 13.1. The van der Waals surface area contributed by atoms with Crippen LogP contribution in [0.5, 0.6) is 5.75 Å². The number of aliphatic imine (C=N–C) groups is 1. The monoisotopic (exact) mass is 443 g/mol. The quantitative estimate of drug-likeness (QED) is 0.645. The number of para-hydroxylation sites is 1. The molecule has 1 atom stereocenters. The fourth-order valence-corrected chi connectivity index (χ4v) is 4.64. The van der Waals surface area contributed by atoms with Crippen LogP contribution in [-0.2, 0) is 14.8 Å². The molecule has 1 N–H and O–H groups in total. The van der Waals surface area contributed by atoms with E-state index >= 15 is 0 Å². The first-order chi connectivity index (χ1) is 14.8. The molecule has 0 aromatic heterocycles. The molecule has 0 aliphatic carbocycles. The number of carbonyl (C=O) groups is 1. The maximum Gasteiger partial charge on any atom is 0.263 e. The highest BCUT2D eigenvalue weighted by Crippen LogP contribution is 2.23. The lowest BCUT2D eigenvalue weighted by Crippen LogP contribution is -2.39. The molecule has 0 saturated heterocycles. The van der Waals surface area contributed by atoms with Gasteiger partial charge in [-0.3, -0.25) is 14.5 Å². The van der Waals surface area contributed by atoms with Crippen LogP contribution in [0.15, 0.2) is 58.4 Å². The molecule has 1 amide bonds. The second-order valence-electron chi connectivity index (χ2n) is 7.61. The van der Waals surface area contributed by atoms with Gasteiger partial charge >= 0.3 is 0 Å². The second-order valence-corrected chi connectivity index (χ2v) is 9.26. The average Bonchev–Trinajstić information content (AvgIpc) is 3.02. The number of nitrogens with zero attached hydrogens (tertiary/aromatic N) is 2. The summed E-state index contributed by atoms with van der Waals surface area (Å²) in [6.07, 6.45) is 2.28. The van der Waals surface area contributed by atoms with Gasteiger partial charge < -0.3 is 9.64 Å². The summed E-state index contributed by atoms with van der Waals surface area (Å²) in [6.45, 7) is 4.78. The van der Waals surface area contributed by atoms with Crippen molar-refractivity contribution < 1.29 is 17.9 Å². The third-order valence-electron chi connectivity index (χ3n) is 5.22. The minimum absolute atomic E-state index is 0.155. The van der Waals surface area contributed by atoms with Gasteiger partial charge in [-0.15, -0.1) is 0 Å². The number of ether oxygens (including phenoxy) is 1.